The van der Waals surface area contributed by atoms with Crippen molar-refractivity contribution in [2.24, 2.45) is 5.92 Å². The summed E-state index contributed by atoms with van der Waals surface area (Å²) >= 11 is 0. The van der Waals surface area contributed by atoms with Gasteiger partial charge in [0.25, 0.3) is 0 Å². The summed E-state index contributed by atoms with van der Waals surface area (Å²) < 4.78 is 0. The van der Waals surface area contributed by atoms with Crippen molar-refractivity contribution in [2.75, 3.05) is 20.1 Å². The van der Waals surface area contributed by atoms with Crippen molar-refractivity contribution >= 4 is 5.91 Å². The Balaban J connectivity index is 2.43. The largest absolute Gasteiger partial charge is 0.342 e. The minimum absolute atomic E-state index is 0.241. The third-order valence-corrected chi connectivity index (χ3v) is 2.97. The topological polar surface area (TPSA) is 32.3 Å². The lowest BCUT2D eigenvalue weighted by Crippen LogP contribution is -2.53. The fourth-order valence-corrected chi connectivity index (χ4v) is 1.77. The molecule has 1 rings (SSSR count). The molecule has 0 aromatic heterocycles. The van der Waals surface area contributed by atoms with Crippen LogP contribution in [-0.2, 0) is 4.79 Å². The smallest absolute Gasteiger partial charge is 0.228 e. The van der Waals surface area contributed by atoms with E-state index in [1.54, 1.807) is 0 Å². The van der Waals surface area contributed by atoms with Crippen LogP contribution >= 0.6 is 0 Å². The van der Waals surface area contributed by atoms with E-state index in [1.165, 1.54) is 0 Å². The molecule has 3 nitrogen and oxygen atoms in total. The fourth-order valence-electron chi connectivity index (χ4n) is 1.77. The molecular formula is C10H20N2O. The Hall–Kier alpha value is -0.570. The van der Waals surface area contributed by atoms with Gasteiger partial charge < -0.3 is 10.2 Å². The number of hydrogen-bond acceptors (Lipinski definition) is 2. The van der Waals surface area contributed by atoms with Crippen molar-refractivity contribution < 1.29 is 4.79 Å². The Morgan fingerprint density at radius 3 is 2.31 bits per heavy atom. The van der Waals surface area contributed by atoms with Crippen LogP contribution in [0.1, 0.15) is 26.7 Å². The molecule has 1 N–H and O–H groups in total. The van der Waals surface area contributed by atoms with E-state index < -0.39 is 0 Å². The second-order valence-electron chi connectivity index (χ2n) is 3.77. The van der Waals surface area contributed by atoms with Gasteiger partial charge in [0.2, 0.25) is 5.91 Å². The number of amides is 1. The van der Waals surface area contributed by atoms with Gasteiger partial charge in [-0.2, -0.15) is 0 Å². The number of rotatable bonds is 4. The summed E-state index contributed by atoms with van der Waals surface area (Å²) in [6.45, 7) is 6.00. The molecule has 0 radical (unpaired) electrons. The van der Waals surface area contributed by atoms with E-state index in [0.717, 1.165) is 25.9 Å². The average molecular weight is 184 g/mol. The van der Waals surface area contributed by atoms with Crippen LogP contribution in [0.3, 0.4) is 0 Å². The lowest BCUT2D eigenvalue weighted by atomic mass is 10.00. The van der Waals surface area contributed by atoms with Gasteiger partial charge in [0.15, 0.2) is 0 Å². The highest BCUT2D eigenvalue weighted by molar-refractivity contribution is 5.80. The van der Waals surface area contributed by atoms with E-state index in [4.69, 9.17) is 0 Å². The lowest BCUT2D eigenvalue weighted by Gasteiger charge is -2.34. The molecule has 0 unspecified atom stereocenters. The summed E-state index contributed by atoms with van der Waals surface area (Å²) in [7, 11) is 1.93. The van der Waals surface area contributed by atoms with Gasteiger partial charge in [0.1, 0.15) is 0 Å². The highest BCUT2D eigenvalue weighted by atomic mass is 16.2. The van der Waals surface area contributed by atoms with E-state index in [1.807, 2.05) is 11.9 Å². The Morgan fingerprint density at radius 1 is 1.46 bits per heavy atom. The Kier molecular flexibility index (Phi) is 3.72. The maximum Gasteiger partial charge on any atom is 0.228 e. The zero-order valence-corrected chi connectivity index (χ0v) is 8.84. The van der Waals surface area contributed by atoms with Gasteiger partial charge in [-0.05, 0) is 12.8 Å². The first-order valence-electron chi connectivity index (χ1n) is 5.18. The maximum atomic E-state index is 11.8. The average Bonchev–Trinajstić information content (AvgIpc) is 2.03. The minimum atomic E-state index is 0.241. The first kappa shape index (κ1) is 10.5. The van der Waals surface area contributed by atoms with Crippen LogP contribution in [0.5, 0.6) is 0 Å². The molecule has 0 bridgehead atoms. The summed E-state index contributed by atoms with van der Waals surface area (Å²) in [5.41, 5.74) is 0. The van der Waals surface area contributed by atoms with Gasteiger partial charge in [-0.25, -0.2) is 0 Å². The molecule has 1 fully saturated rings. The molecule has 0 spiro atoms. The van der Waals surface area contributed by atoms with Gasteiger partial charge in [-0.1, -0.05) is 13.8 Å². The summed E-state index contributed by atoms with van der Waals surface area (Å²) in [6.07, 6.45) is 2.11. The molecule has 13 heavy (non-hydrogen) atoms. The molecule has 0 aromatic carbocycles. The maximum absolute atomic E-state index is 11.8. The molecule has 1 amide bonds. The molecule has 1 heterocycles. The van der Waals surface area contributed by atoms with Crippen molar-refractivity contribution in [3.05, 3.63) is 0 Å². The van der Waals surface area contributed by atoms with Gasteiger partial charge in [0.05, 0.1) is 5.92 Å². The van der Waals surface area contributed by atoms with Gasteiger partial charge >= 0.3 is 0 Å². The number of nitrogens with one attached hydrogen (secondary N) is 1. The Morgan fingerprint density at radius 2 is 2.00 bits per heavy atom. The predicted octanol–water partition coefficient (Wildman–Crippen LogP) is 0.853. The quantitative estimate of drug-likeness (QED) is 0.702. The third kappa shape index (κ3) is 2.21. The van der Waals surface area contributed by atoms with Crippen LogP contribution in [0.15, 0.2) is 0 Å². The van der Waals surface area contributed by atoms with Crippen LogP contribution < -0.4 is 5.32 Å². The van der Waals surface area contributed by atoms with Gasteiger partial charge in [0, 0.05) is 26.2 Å². The van der Waals surface area contributed by atoms with Crippen molar-refractivity contribution in [1.29, 1.82) is 0 Å². The monoisotopic (exact) mass is 184 g/mol. The molecule has 0 aromatic rings. The number of nitrogens with zero attached hydrogens (tertiary/aromatic N) is 1. The third-order valence-electron chi connectivity index (χ3n) is 2.97. The van der Waals surface area contributed by atoms with E-state index >= 15 is 0 Å². The fraction of sp³-hybridized carbons (Fsp3) is 0.900. The number of carbonyl (C=O) groups is 1. The standard InChI is InChI=1S/C10H20N2O/c1-4-9(5-2)12(3)10(13)8-6-11-7-8/h8-9,11H,4-7H2,1-3H3. The second kappa shape index (κ2) is 4.61. The van der Waals surface area contributed by atoms with Crippen LogP contribution in [0.25, 0.3) is 0 Å². The van der Waals surface area contributed by atoms with E-state index in [0.29, 0.717) is 11.9 Å². The van der Waals surface area contributed by atoms with Crippen molar-refractivity contribution in [1.82, 2.24) is 10.2 Å². The van der Waals surface area contributed by atoms with Crippen molar-refractivity contribution in [3.63, 3.8) is 0 Å². The van der Waals surface area contributed by atoms with Crippen LogP contribution in [0.4, 0.5) is 0 Å². The zero-order chi connectivity index (χ0) is 9.84. The SMILES string of the molecule is CCC(CC)N(C)C(=O)C1CNC1. The molecule has 1 aliphatic rings. The summed E-state index contributed by atoms with van der Waals surface area (Å²) in [5.74, 6) is 0.554. The van der Waals surface area contributed by atoms with E-state index in [9.17, 15) is 4.79 Å². The number of hydrogen-bond donors (Lipinski definition) is 1. The molecule has 1 aliphatic heterocycles. The summed E-state index contributed by atoms with van der Waals surface area (Å²) in [4.78, 5) is 13.7. The second-order valence-corrected chi connectivity index (χ2v) is 3.77. The number of carbonyl (C=O) groups excluding carboxylic acids is 1. The summed E-state index contributed by atoms with van der Waals surface area (Å²) in [5, 5.41) is 3.12. The predicted molar refractivity (Wildman–Crippen MR) is 53.5 cm³/mol. The van der Waals surface area contributed by atoms with Gasteiger partial charge in [-0.15, -0.1) is 0 Å². The Labute approximate surface area is 80.5 Å². The molecule has 1 saturated heterocycles. The van der Waals surface area contributed by atoms with E-state index in [-0.39, 0.29) is 5.92 Å². The van der Waals surface area contributed by atoms with E-state index in [2.05, 4.69) is 19.2 Å². The zero-order valence-electron chi connectivity index (χ0n) is 8.84. The molecule has 0 aliphatic carbocycles. The van der Waals surface area contributed by atoms with Gasteiger partial charge in [-0.3, -0.25) is 4.79 Å². The van der Waals surface area contributed by atoms with Crippen molar-refractivity contribution in [3.8, 4) is 0 Å². The van der Waals surface area contributed by atoms with Crippen LogP contribution in [-0.4, -0.2) is 37.0 Å². The summed E-state index contributed by atoms with van der Waals surface area (Å²) in [6, 6.07) is 0.424. The first-order chi connectivity index (χ1) is 6.20. The highest BCUT2D eigenvalue weighted by Gasteiger charge is 2.29. The molecule has 0 saturated carbocycles. The first-order valence-corrected chi connectivity index (χ1v) is 5.18. The Bertz CT molecular complexity index is 174. The molecule has 76 valence electrons. The highest BCUT2D eigenvalue weighted by Crippen LogP contribution is 2.13. The van der Waals surface area contributed by atoms with Crippen molar-refractivity contribution in [2.45, 2.75) is 32.7 Å². The normalized spacial score (nSPS) is 17.2. The molecule has 0 atom stereocenters. The van der Waals surface area contributed by atoms with Crippen LogP contribution in [0, 0.1) is 5.92 Å². The lowest BCUT2D eigenvalue weighted by molar-refractivity contribution is -0.138. The molecule has 3 heteroatoms. The van der Waals surface area contributed by atoms with Crippen LogP contribution in [0.2, 0.25) is 0 Å². The minimum Gasteiger partial charge on any atom is -0.342 e. The molecular weight excluding hydrogens is 164 g/mol.